The van der Waals surface area contributed by atoms with Gasteiger partial charge in [-0.05, 0) is 61.2 Å². The first kappa shape index (κ1) is 30.8. The van der Waals surface area contributed by atoms with E-state index < -0.39 is 34.3 Å². The van der Waals surface area contributed by atoms with Gasteiger partial charge in [0.1, 0.15) is 18.4 Å². The van der Waals surface area contributed by atoms with Crippen molar-refractivity contribution in [2.24, 2.45) is 0 Å². The van der Waals surface area contributed by atoms with Crippen molar-refractivity contribution in [2.75, 3.05) is 10.8 Å². The molecule has 0 unspecified atom stereocenters. The van der Waals surface area contributed by atoms with Crippen LogP contribution in [0.15, 0.2) is 77.7 Å². The first-order chi connectivity index (χ1) is 19.6. The highest BCUT2D eigenvalue weighted by molar-refractivity contribution is 7.92. The number of amides is 2. The smallest absolute Gasteiger partial charge is 0.264 e. The maximum absolute atomic E-state index is 14.1. The second-order valence-electron chi connectivity index (χ2n) is 9.95. The Hall–Kier alpha value is -3.14. The molecule has 1 saturated carbocycles. The van der Waals surface area contributed by atoms with E-state index >= 15 is 0 Å². The predicted molar refractivity (Wildman–Crippen MR) is 159 cm³/mol. The van der Waals surface area contributed by atoms with Gasteiger partial charge in [-0.2, -0.15) is 0 Å². The lowest BCUT2D eigenvalue weighted by Crippen LogP contribution is -2.53. The van der Waals surface area contributed by atoms with Crippen LogP contribution in [0.5, 0.6) is 0 Å². The summed E-state index contributed by atoms with van der Waals surface area (Å²) in [6.45, 7) is 1.12. The molecule has 0 bridgehead atoms. The number of sulfonamides is 1. The second-order valence-corrected chi connectivity index (χ2v) is 12.6. The Kier molecular flexibility index (Phi) is 10.3. The Balaban J connectivity index is 1.73. The summed E-state index contributed by atoms with van der Waals surface area (Å²) >= 11 is 12.4. The van der Waals surface area contributed by atoms with E-state index in [2.05, 4.69) is 5.32 Å². The molecule has 41 heavy (non-hydrogen) atoms. The van der Waals surface area contributed by atoms with Crippen molar-refractivity contribution in [1.82, 2.24) is 10.2 Å². The van der Waals surface area contributed by atoms with E-state index in [1.807, 2.05) is 0 Å². The molecule has 7 nitrogen and oxygen atoms in total. The van der Waals surface area contributed by atoms with Crippen molar-refractivity contribution in [2.45, 2.75) is 62.6 Å². The molecule has 0 aliphatic heterocycles. The number of rotatable bonds is 11. The van der Waals surface area contributed by atoms with Gasteiger partial charge in [0, 0.05) is 17.6 Å². The molecule has 0 heterocycles. The van der Waals surface area contributed by atoms with Gasteiger partial charge in [0.25, 0.3) is 10.0 Å². The Bertz CT molecular complexity index is 1480. The Labute approximate surface area is 250 Å². The maximum Gasteiger partial charge on any atom is 0.264 e. The highest BCUT2D eigenvalue weighted by Crippen LogP contribution is 2.29. The number of halogens is 3. The fraction of sp³-hybridized carbons (Fsp3) is 0.333. The molecule has 0 spiro atoms. The zero-order valence-electron chi connectivity index (χ0n) is 22.6. The largest absolute Gasteiger partial charge is 0.352 e. The summed E-state index contributed by atoms with van der Waals surface area (Å²) in [5.74, 6) is -1.66. The first-order valence-electron chi connectivity index (χ1n) is 13.5. The standard InChI is InChI=1S/C30H32Cl2FN3O4S/c1-2-28(30(38)34-22-11-7-8-12-22)35(19-21-10-6-9-15-25(21)31)29(37)20-36(23-16-17-27(33)26(32)18-23)41(39,40)24-13-4-3-5-14-24/h3-6,9-10,13-18,22,28H,2,7-8,11-12,19-20H2,1H3,(H,34,38)/t28-/m0/s1. The molecule has 0 radical (unpaired) electrons. The first-order valence-corrected chi connectivity index (χ1v) is 15.7. The molecule has 4 rings (SSSR count). The van der Waals surface area contributed by atoms with Crippen LogP contribution in [0.25, 0.3) is 0 Å². The third-order valence-corrected chi connectivity index (χ3v) is 9.63. The molecule has 2 amide bonds. The van der Waals surface area contributed by atoms with Gasteiger partial charge >= 0.3 is 0 Å². The van der Waals surface area contributed by atoms with E-state index in [1.54, 1.807) is 49.4 Å². The van der Waals surface area contributed by atoms with Crippen LogP contribution in [0.3, 0.4) is 0 Å². The molecule has 1 N–H and O–H groups in total. The molecular weight excluding hydrogens is 588 g/mol. The van der Waals surface area contributed by atoms with E-state index in [0.717, 1.165) is 42.1 Å². The van der Waals surface area contributed by atoms with E-state index in [1.165, 1.54) is 23.1 Å². The predicted octanol–water partition coefficient (Wildman–Crippen LogP) is 6.19. The minimum Gasteiger partial charge on any atom is -0.352 e. The van der Waals surface area contributed by atoms with Crippen molar-refractivity contribution < 1.29 is 22.4 Å². The van der Waals surface area contributed by atoms with Gasteiger partial charge in [0.2, 0.25) is 11.8 Å². The van der Waals surface area contributed by atoms with E-state index in [4.69, 9.17) is 23.2 Å². The summed E-state index contributed by atoms with van der Waals surface area (Å²) in [7, 11) is -4.29. The summed E-state index contributed by atoms with van der Waals surface area (Å²) in [5, 5.41) is 3.18. The molecule has 3 aromatic rings. The van der Waals surface area contributed by atoms with Crippen molar-refractivity contribution in [1.29, 1.82) is 0 Å². The van der Waals surface area contributed by atoms with Crippen LogP contribution in [0.2, 0.25) is 10.0 Å². The summed E-state index contributed by atoms with van der Waals surface area (Å²) in [4.78, 5) is 28.9. The molecule has 1 atom stereocenters. The fourth-order valence-corrected chi connectivity index (χ4v) is 6.78. The average Bonchev–Trinajstić information content (AvgIpc) is 3.47. The maximum atomic E-state index is 14.1. The zero-order valence-corrected chi connectivity index (χ0v) is 24.9. The van der Waals surface area contributed by atoms with Crippen LogP contribution < -0.4 is 9.62 Å². The summed E-state index contributed by atoms with van der Waals surface area (Å²) in [6.07, 6.45) is 4.08. The number of anilines is 1. The molecule has 218 valence electrons. The molecule has 11 heteroatoms. The monoisotopic (exact) mass is 619 g/mol. The number of carbonyl (C=O) groups excluding carboxylic acids is 2. The minimum absolute atomic E-state index is 0.00903. The normalized spacial score (nSPS) is 14.4. The number of nitrogens with one attached hydrogen (secondary N) is 1. The van der Waals surface area contributed by atoms with Gasteiger partial charge in [0.05, 0.1) is 15.6 Å². The second kappa shape index (κ2) is 13.7. The molecular formula is C30H32Cl2FN3O4S. The Morgan fingerprint density at radius 1 is 0.976 bits per heavy atom. The van der Waals surface area contributed by atoms with Gasteiger partial charge in [0.15, 0.2) is 0 Å². The minimum atomic E-state index is -4.29. The highest BCUT2D eigenvalue weighted by Gasteiger charge is 2.35. The average molecular weight is 621 g/mol. The van der Waals surface area contributed by atoms with E-state index in [9.17, 15) is 22.4 Å². The van der Waals surface area contributed by atoms with E-state index in [-0.39, 0.29) is 34.1 Å². The number of carbonyl (C=O) groups is 2. The van der Waals surface area contributed by atoms with Crippen molar-refractivity contribution in [3.8, 4) is 0 Å². The van der Waals surface area contributed by atoms with Crippen LogP contribution in [-0.4, -0.2) is 43.8 Å². The van der Waals surface area contributed by atoms with Crippen molar-refractivity contribution >= 4 is 50.7 Å². The quantitative estimate of drug-likeness (QED) is 0.277. The number of hydrogen-bond acceptors (Lipinski definition) is 4. The van der Waals surface area contributed by atoms with Gasteiger partial charge in [-0.15, -0.1) is 0 Å². The highest BCUT2D eigenvalue weighted by atomic mass is 35.5. The van der Waals surface area contributed by atoms with Crippen LogP contribution in [0.1, 0.15) is 44.6 Å². The molecule has 1 fully saturated rings. The van der Waals surface area contributed by atoms with Crippen LogP contribution in [-0.2, 0) is 26.2 Å². The van der Waals surface area contributed by atoms with Gasteiger partial charge < -0.3 is 10.2 Å². The number of benzene rings is 3. The molecule has 1 aliphatic rings. The third kappa shape index (κ3) is 7.39. The summed E-state index contributed by atoms with van der Waals surface area (Å²) in [5.41, 5.74) is 0.617. The van der Waals surface area contributed by atoms with Gasteiger partial charge in [-0.3, -0.25) is 13.9 Å². The van der Waals surface area contributed by atoms with Gasteiger partial charge in [-0.25, -0.2) is 12.8 Å². The lowest BCUT2D eigenvalue weighted by molar-refractivity contribution is -0.140. The topological polar surface area (TPSA) is 86.8 Å². The zero-order chi connectivity index (χ0) is 29.6. The molecule has 0 aromatic heterocycles. The Morgan fingerprint density at radius 3 is 2.27 bits per heavy atom. The molecule has 0 saturated heterocycles. The molecule has 1 aliphatic carbocycles. The summed E-state index contributed by atoms with van der Waals surface area (Å²) in [6, 6.07) is 17.2. The summed E-state index contributed by atoms with van der Waals surface area (Å²) < 4.78 is 42.6. The third-order valence-electron chi connectivity index (χ3n) is 7.19. The fourth-order valence-electron chi connectivity index (χ4n) is 4.99. The molecule has 3 aromatic carbocycles. The number of nitrogens with zero attached hydrogens (tertiary/aromatic N) is 2. The van der Waals surface area contributed by atoms with E-state index in [0.29, 0.717) is 17.0 Å². The van der Waals surface area contributed by atoms with Crippen LogP contribution in [0, 0.1) is 5.82 Å². The van der Waals surface area contributed by atoms with Crippen LogP contribution >= 0.6 is 23.2 Å². The Morgan fingerprint density at radius 2 is 1.63 bits per heavy atom. The van der Waals surface area contributed by atoms with Crippen molar-refractivity contribution in [3.63, 3.8) is 0 Å². The lowest BCUT2D eigenvalue weighted by atomic mass is 10.1. The van der Waals surface area contributed by atoms with Crippen LogP contribution in [0.4, 0.5) is 10.1 Å². The SMILES string of the molecule is CC[C@@H](C(=O)NC1CCCC1)N(Cc1ccccc1Cl)C(=O)CN(c1ccc(F)c(Cl)c1)S(=O)(=O)c1ccccc1. The van der Waals surface area contributed by atoms with Gasteiger partial charge in [-0.1, -0.05) is 79.4 Å². The lowest BCUT2D eigenvalue weighted by Gasteiger charge is -2.34. The van der Waals surface area contributed by atoms with Crippen molar-refractivity contribution in [3.05, 3.63) is 94.2 Å². The number of hydrogen-bond donors (Lipinski definition) is 1.